The van der Waals surface area contributed by atoms with E-state index in [1.54, 1.807) is 0 Å². The molecule has 1 heterocycles. The van der Waals surface area contributed by atoms with E-state index < -0.39 is 9.84 Å². The van der Waals surface area contributed by atoms with E-state index in [4.69, 9.17) is 4.74 Å². The number of hydrogen-bond acceptors (Lipinski definition) is 3. The van der Waals surface area contributed by atoms with Crippen LogP contribution in [0.15, 0.2) is 22.7 Å². The maximum atomic E-state index is 12.1. The first-order valence-electron chi connectivity index (χ1n) is 6.03. The molecule has 0 aliphatic carbocycles. The third-order valence-corrected chi connectivity index (χ3v) is 5.59. The Morgan fingerprint density at radius 3 is 2.83 bits per heavy atom. The molecule has 1 aliphatic rings. The summed E-state index contributed by atoms with van der Waals surface area (Å²) in [5.74, 6) is 0.226. The second-order valence-electron chi connectivity index (χ2n) is 4.77. The summed E-state index contributed by atoms with van der Waals surface area (Å²) in [5, 5.41) is 0. The van der Waals surface area contributed by atoms with Crippen LogP contribution in [0.1, 0.15) is 24.0 Å². The minimum absolute atomic E-state index is 0.0890. The van der Waals surface area contributed by atoms with Gasteiger partial charge in [0, 0.05) is 11.1 Å². The molecule has 1 fully saturated rings. The molecule has 0 radical (unpaired) electrons. The van der Waals surface area contributed by atoms with Crippen molar-refractivity contribution in [1.29, 1.82) is 0 Å². The number of rotatable bonds is 4. The van der Waals surface area contributed by atoms with Crippen molar-refractivity contribution in [2.45, 2.75) is 31.6 Å². The van der Waals surface area contributed by atoms with Gasteiger partial charge in [0.15, 0.2) is 9.84 Å². The highest BCUT2D eigenvalue weighted by Gasteiger charge is 2.23. The van der Waals surface area contributed by atoms with Crippen molar-refractivity contribution in [3.05, 3.63) is 33.8 Å². The van der Waals surface area contributed by atoms with Crippen LogP contribution in [0.5, 0.6) is 0 Å². The SMILES string of the molecule is Cc1ccc(CS(=O)(=O)CC2CCCO2)cc1Br. The van der Waals surface area contributed by atoms with Crippen LogP contribution in [0, 0.1) is 6.92 Å². The molecule has 0 amide bonds. The molecule has 0 spiro atoms. The van der Waals surface area contributed by atoms with Gasteiger partial charge in [-0.25, -0.2) is 8.42 Å². The summed E-state index contributed by atoms with van der Waals surface area (Å²) in [4.78, 5) is 0. The van der Waals surface area contributed by atoms with E-state index in [2.05, 4.69) is 15.9 Å². The molecule has 0 N–H and O–H groups in total. The van der Waals surface area contributed by atoms with Crippen molar-refractivity contribution in [1.82, 2.24) is 0 Å². The molecule has 3 nitrogen and oxygen atoms in total. The number of sulfone groups is 1. The largest absolute Gasteiger partial charge is 0.377 e. The molecule has 2 rings (SSSR count). The lowest BCUT2D eigenvalue weighted by Crippen LogP contribution is -2.21. The van der Waals surface area contributed by atoms with E-state index in [1.165, 1.54) is 0 Å². The van der Waals surface area contributed by atoms with Crippen LogP contribution < -0.4 is 0 Å². The molecule has 1 atom stereocenters. The molecule has 1 saturated heterocycles. The highest BCUT2D eigenvalue weighted by molar-refractivity contribution is 9.10. The van der Waals surface area contributed by atoms with E-state index in [0.717, 1.165) is 28.4 Å². The zero-order chi connectivity index (χ0) is 13.2. The molecule has 0 saturated carbocycles. The van der Waals surface area contributed by atoms with Crippen LogP contribution in [0.2, 0.25) is 0 Å². The second-order valence-corrected chi connectivity index (χ2v) is 7.74. The van der Waals surface area contributed by atoms with Gasteiger partial charge in [-0.05, 0) is 37.0 Å². The maximum Gasteiger partial charge on any atom is 0.156 e. The summed E-state index contributed by atoms with van der Waals surface area (Å²) >= 11 is 3.42. The van der Waals surface area contributed by atoms with Gasteiger partial charge in [-0.1, -0.05) is 28.1 Å². The van der Waals surface area contributed by atoms with Crippen molar-refractivity contribution in [2.24, 2.45) is 0 Å². The molecule has 5 heteroatoms. The number of halogens is 1. The minimum Gasteiger partial charge on any atom is -0.377 e. The average Bonchev–Trinajstić information content (AvgIpc) is 2.75. The average molecular weight is 333 g/mol. The fraction of sp³-hybridized carbons (Fsp3) is 0.538. The van der Waals surface area contributed by atoms with Crippen molar-refractivity contribution in [2.75, 3.05) is 12.4 Å². The van der Waals surface area contributed by atoms with E-state index in [0.29, 0.717) is 6.61 Å². The van der Waals surface area contributed by atoms with E-state index in [-0.39, 0.29) is 17.6 Å². The van der Waals surface area contributed by atoms with Crippen LogP contribution in [-0.4, -0.2) is 26.9 Å². The predicted molar refractivity (Wildman–Crippen MR) is 75.3 cm³/mol. The minimum atomic E-state index is -3.09. The van der Waals surface area contributed by atoms with E-state index in [1.807, 2.05) is 25.1 Å². The first-order valence-corrected chi connectivity index (χ1v) is 8.65. The zero-order valence-electron chi connectivity index (χ0n) is 10.4. The monoisotopic (exact) mass is 332 g/mol. The zero-order valence-corrected chi connectivity index (χ0v) is 12.8. The van der Waals surface area contributed by atoms with E-state index >= 15 is 0 Å². The number of benzene rings is 1. The molecular weight excluding hydrogens is 316 g/mol. The Kier molecular flexibility index (Phi) is 4.45. The Labute approximate surface area is 117 Å². The van der Waals surface area contributed by atoms with Gasteiger partial charge in [-0.2, -0.15) is 0 Å². The van der Waals surface area contributed by atoms with Crippen LogP contribution in [0.3, 0.4) is 0 Å². The molecular formula is C13H17BrO3S. The summed E-state index contributed by atoms with van der Waals surface area (Å²) in [7, 11) is -3.09. The second kappa shape index (κ2) is 5.72. The lowest BCUT2D eigenvalue weighted by atomic mass is 10.2. The molecule has 1 unspecified atom stereocenters. The highest BCUT2D eigenvalue weighted by atomic mass is 79.9. The van der Waals surface area contributed by atoms with Gasteiger partial charge in [-0.3, -0.25) is 0 Å². The van der Waals surface area contributed by atoms with Crippen molar-refractivity contribution in [3.8, 4) is 0 Å². The molecule has 0 aromatic heterocycles. The Morgan fingerprint density at radius 1 is 1.44 bits per heavy atom. The smallest absolute Gasteiger partial charge is 0.156 e. The Hall–Kier alpha value is -0.390. The molecule has 0 bridgehead atoms. The normalized spacial score (nSPS) is 20.2. The first-order chi connectivity index (χ1) is 8.46. The Bertz CT molecular complexity index is 519. The summed E-state index contributed by atoms with van der Waals surface area (Å²) in [6.07, 6.45) is 1.72. The predicted octanol–water partition coefficient (Wildman–Crippen LogP) is 2.85. The number of hydrogen-bond donors (Lipinski definition) is 0. The van der Waals surface area contributed by atoms with Gasteiger partial charge in [0.1, 0.15) is 0 Å². The topological polar surface area (TPSA) is 43.4 Å². The van der Waals surface area contributed by atoms with Crippen LogP contribution in [0.4, 0.5) is 0 Å². The quantitative estimate of drug-likeness (QED) is 0.851. The van der Waals surface area contributed by atoms with Gasteiger partial charge in [-0.15, -0.1) is 0 Å². The van der Waals surface area contributed by atoms with Gasteiger partial charge in [0.2, 0.25) is 0 Å². The summed E-state index contributed by atoms with van der Waals surface area (Å²) in [5.41, 5.74) is 1.93. The third-order valence-electron chi connectivity index (χ3n) is 3.09. The van der Waals surface area contributed by atoms with Gasteiger partial charge in [0.25, 0.3) is 0 Å². The van der Waals surface area contributed by atoms with Crippen molar-refractivity contribution >= 4 is 25.8 Å². The first kappa shape index (κ1) is 14.0. The molecule has 18 heavy (non-hydrogen) atoms. The number of ether oxygens (including phenoxy) is 1. The van der Waals surface area contributed by atoms with E-state index in [9.17, 15) is 8.42 Å². The lowest BCUT2D eigenvalue weighted by Gasteiger charge is -2.10. The van der Waals surface area contributed by atoms with Crippen molar-refractivity contribution < 1.29 is 13.2 Å². The number of aryl methyl sites for hydroxylation is 1. The van der Waals surface area contributed by atoms with Crippen LogP contribution in [0.25, 0.3) is 0 Å². The summed E-state index contributed by atoms with van der Waals surface area (Å²) < 4.78 is 30.4. The fourth-order valence-corrected chi connectivity index (χ4v) is 4.16. The molecule has 1 aromatic carbocycles. The fourth-order valence-electron chi connectivity index (χ4n) is 2.10. The lowest BCUT2D eigenvalue weighted by molar-refractivity contribution is 0.127. The summed E-state index contributed by atoms with van der Waals surface area (Å²) in [6, 6.07) is 5.68. The summed E-state index contributed by atoms with van der Waals surface area (Å²) in [6.45, 7) is 2.67. The molecule has 100 valence electrons. The maximum absolute atomic E-state index is 12.1. The molecule has 1 aliphatic heterocycles. The standard InChI is InChI=1S/C13H17BrO3S/c1-10-4-5-11(7-13(10)14)8-18(15,16)9-12-3-2-6-17-12/h4-5,7,12H,2-3,6,8-9H2,1H3. The van der Waals surface area contributed by atoms with Gasteiger partial charge in [0.05, 0.1) is 17.6 Å². The van der Waals surface area contributed by atoms with Crippen LogP contribution in [-0.2, 0) is 20.3 Å². The van der Waals surface area contributed by atoms with Crippen LogP contribution >= 0.6 is 15.9 Å². The Balaban J connectivity index is 2.04. The van der Waals surface area contributed by atoms with Crippen molar-refractivity contribution in [3.63, 3.8) is 0 Å². The third kappa shape index (κ3) is 3.80. The Morgan fingerprint density at radius 2 is 2.22 bits per heavy atom. The molecule has 1 aromatic rings. The highest BCUT2D eigenvalue weighted by Crippen LogP contribution is 2.21. The van der Waals surface area contributed by atoms with Gasteiger partial charge >= 0.3 is 0 Å². The van der Waals surface area contributed by atoms with Gasteiger partial charge < -0.3 is 4.74 Å².